The van der Waals surface area contributed by atoms with Gasteiger partial charge in [0.25, 0.3) is 0 Å². The van der Waals surface area contributed by atoms with Crippen molar-refractivity contribution in [2.24, 2.45) is 5.92 Å². The molecule has 0 aromatic heterocycles. The molecule has 0 bridgehead atoms. The number of thioether (sulfide) groups is 1. The fraction of sp³-hybridized carbons (Fsp3) is 0.357. The van der Waals surface area contributed by atoms with E-state index >= 15 is 0 Å². The smallest absolute Gasteiger partial charge is 0.140 e. The topological polar surface area (TPSA) is 62.2 Å². The lowest BCUT2D eigenvalue weighted by atomic mass is 10.00. The van der Waals surface area contributed by atoms with E-state index in [1.165, 1.54) is 6.42 Å². The van der Waals surface area contributed by atoms with Gasteiger partial charge in [0.2, 0.25) is 0 Å². The Morgan fingerprint density at radius 1 is 0.971 bits per heavy atom. The molecule has 4 atom stereocenters. The van der Waals surface area contributed by atoms with E-state index in [1.54, 1.807) is 42.1 Å². The van der Waals surface area contributed by atoms with E-state index in [2.05, 4.69) is 30.9 Å². The minimum atomic E-state index is -0.246. The summed E-state index contributed by atoms with van der Waals surface area (Å²) in [5, 5.41) is 19.9. The molecule has 2 heterocycles. The number of fused-ring (bicyclic) bond motifs is 1. The molecule has 3 aromatic carbocycles. The van der Waals surface area contributed by atoms with Gasteiger partial charge in [-0.05, 0) is 79.4 Å². The first-order valence-electron chi connectivity index (χ1n) is 11.9. The zero-order chi connectivity index (χ0) is 23.7. The van der Waals surface area contributed by atoms with Gasteiger partial charge in [-0.1, -0.05) is 31.2 Å². The summed E-state index contributed by atoms with van der Waals surface area (Å²) in [7, 11) is 0. The fourth-order valence-corrected chi connectivity index (χ4v) is 6.11. The number of nitrogens with zero attached hydrogens (tertiary/aromatic N) is 1. The van der Waals surface area contributed by atoms with E-state index in [0.29, 0.717) is 12.6 Å². The molecule has 0 aliphatic carbocycles. The van der Waals surface area contributed by atoms with Crippen molar-refractivity contribution in [2.75, 3.05) is 19.7 Å². The van der Waals surface area contributed by atoms with Crippen LogP contribution in [0.5, 0.6) is 23.0 Å². The Morgan fingerprint density at radius 3 is 2.46 bits per heavy atom. The number of hydrogen-bond acceptors (Lipinski definition) is 6. The quantitative estimate of drug-likeness (QED) is 0.387. The molecule has 7 heteroatoms. The van der Waals surface area contributed by atoms with Crippen LogP contribution in [0.15, 0.2) is 71.6 Å². The first kappa shape index (κ1) is 25.5. The molecule has 0 spiro atoms. The van der Waals surface area contributed by atoms with Crippen LogP contribution in [0.3, 0.4) is 0 Å². The lowest BCUT2D eigenvalue weighted by Gasteiger charge is -2.34. The number of ether oxygens (including phenoxy) is 2. The van der Waals surface area contributed by atoms with Crippen molar-refractivity contribution in [3.63, 3.8) is 0 Å². The molecule has 2 N–H and O–H groups in total. The first-order valence-corrected chi connectivity index (χ1v) is 12.8. The van der Waals surface area contributed by atoms with E-state index in [4.69, 9.17) is 9.47 Å². The van der Waals surface area contributed by atoms with Crippen molar-refractivity contribution in [3.8, 4) is 23.0 Å². The average molecular weight is 514 g/mol. The molecule has 5 nitrogen and oxygen atoms in total. The fourth-order valence-electron chi connectivity index (χ4n) is 4.79. The van der Waals surface area contributed by atoms with Gasteiger partial charge < -0.3 is 19.7 Å². The van der Waals surface area contributed by atoms with E-state index in [0.717, 1.165) is 46.5 Å². The van der Waals surface area contributed by atoms with Crippen LogP contribution in [0.4, 0.5) is 0 Å². The molecule has 0 saturated carbocycles. The van der Waals surface area contributed by atoms with E-state index in [1.807, 2.05) is 24.3 Å². The van der Waals surface area contributed by atoms with Crippen molar-refractivity contribution in [1.82, 2.24) is 4.90 Å². The molecule has 0 unspecified atom stereocenters. The van der Waals surface area contributed by atoms with Crippen molar-refractivity contribution < 1.29 is 19.7 Å². The maximum atomic E-state index is 10.1. The summed E-state index contributed by atoms with van der Waals surface area (Å²) in [6.45, 7) is 7.39. The zero-order valence-electron chi connectivity index (χ0n) is 20.0. The van der Waals surface area contributed by atoms with Gasteiger partial charge in [-0.3, -0.25) is 4.90 Å². The van der Waals surface area contributed by atoms with Gasteiger partial charge in [0.15, 0.2) is 0 Å². The molecular formula is C28H32ClNO4S. The highest BCUT2D eigenvalue weighted by Gasteiger charge is 2.34. The highest BCUT2D eigenvalue weighted by atomic mass is 35.5. The van der Waals surface area contributed by atoms with Crippen LogP contribution in [-0.4, -0.2) is 40.9 Å². The maximum Gasteiger partial charge on any atom is 0.140 e. The summed E-state index contributed by atoms with van der Waals surface area (Å²) in [6, 6.07) is 21.2. The van der Waals surface area contributed by atoms with Crippen molar-refractivity contribution >= 4 is 24.2 Å². The van der Waals surface area contributed by atoms with Crippen LogP contribution < -0.4 is 9.47 Å². The molecule has 186 valence electrons. The Labute approximate surface area is 217 Å². The van der Waals surface area contributed by atoms with Crippen molar-refractivity contribution in [2.45, 2.75) is 42.6 Å². The van der Waals surface area contributed by atoms with Crippen LogP contribution in [0.25, 0.3) is 0 Å². The number of phenolic OH excluding ortho intramolecular Hbond substituents is 2. The van der Waals surface area contributed by atoms with Gasteiger partial charge >= 0.3 is 0 Å². The number of aromatic hydroxyl groups is 2. The van der Waals surface area contributed by atoms with E-state index < -0.39 is 0 Å². The molecule has 5 rings (SSSR count). The molecule has 0 radical (unpaired) electrons. The number of likely N-dealkylation sites (tertiary alicyclic amines) is 1. The molecule has 1 fully saturated rings. The molecule has 3 aromatic rings. The van der Waals surface area contributed by atoms with Crippen LogP contribution >= 0.6 is 24.2 Å². The summed E-state index contributed by atoms with van der Waals surface area (Å²) < 4.78 is 12.5. The third kappa shape index (κ3) is 5.66. The number of rotatable bonds is 6. The SMILES string of the molecule is C[C@@H]1CCN(CCOc2ccc([C@@H]3Oc4ccc(O)cc4S[C@@H]3c3cccc(O)c3)cc2)[C@@H]1C.Cl. The number of phenols is 2. The second kappa shape index (κ2) is 11.0. The Balaban J connectivity index is 0.00000289. The van der Waals surface area contributed by atoms with Crippen LogP contribution in [0.2, 0.25) is 0 Å². The van der Waals surface area contributed by atoms with Gasteiger partial charge in [-0.2, -0.15) is 0 Å². The summed E-state index contributed by atoms with van der Waals surface area (Å²) in [5.41, 5.74) is 2.01. The zero-order valence-corrected chi connectivity index (χ0v) is 21.6. The van der Waals surface area contributed by atoms with Gasteiger partial charge in [0, 0.05) is 12.6 Å². The predicted molar refractivity (Wildman–Crippen MR) is 142 cm³/mol. The van der Waals surface area contributed by atoms with E-state index in [9.17, 15) is 10.2 Å². The molecule has 1 saturated heterocycles. The minimum absolute atomic E-state index is 0. The Morgan fingerprint density at radius 2 is 1.74 bits per heavy atom. The lowest BCUT2D eigenvalue weighted by Crippen LogP contribution is -2.33. The van der Waals surface area contributed by atoms with E-state index in [-0.39, 0.29) is 35.3 Å². The van der Waals surface area contributed by atoms with Crippen LogP contribution in [0, 0.1) is 5.92 Å². The largest absolute Gasteiger partial charge is 0.508 e. The molecule has 2 aliphatic heterocycles. The first-order chi connectivity index (χ1) is 16.5. The third-order valence-electron chi connectivity index (χ3n) is 7.04. The maximum absolute atomic E-state index is 10.1. The number of benzene rings is 3. The van der Waals surface area contributed by atoms with Gasteiger partial charge in [0.05, 0.1) is 10.1 Å². The third-order valence-corrected chi connectivity index (χ3v) is 8.38. The second-order valence-electron chi connectivity index (χ2n) is 9.26. The summed E-state index contributed by atoms with van der Waals surface area (Å²) in [4.78, 5) is 3.39. The van der Waals surface area contributed by atoms with Crippen LogP contribution in [-0.2, 0) is 0 Å². The van der Waals surface area contributed by atoms with Crippen molar-refractivity contribution in [3.05, 3.63) is 77.9 Å². The normalized spacial score (nSPS) is 23.7. The molecule has 35 heavy (non-hydrogen) atoms. The number of hydrogen-bond donors (Lipinski definition) is 2. The Kier molecular flexibility index (Phi) is 8.05. The van der Waals surface area contributed by atoms with Crippen molar-refractivity contribution in [1.29, 1.82) is 0 Å². The predicted octanol–water partition coefficient (Wildman–Crippen LogP) is 6.60. The standard InChI is InChI=1S/C28H31NO4S.ClH/c1-18-12-13-29(19(18)2)14-15-32-24-9-6-20(7-10-24)27-28(21-4-3-5-22(30)16-21)34-26-17-23(31)8-11-25(26)33-27;/h3-11,16-19,27-28,30-31H,12-15H2,1-2H3;1H/t18-,19-,27+,28-;/m1./s1. The van der Waals surface area contributed by atoms with Gasteiger partial charge in [-0.15, -0.1) is 24.2 Å². The van der Waals surface area contributed by atoms with Gasteiger partial charge in [0.1, 0.15) is 35.7 Å². The second-order valence-corrected chi connectivity index (χ2v) is 10.4. The summed E-state index contributed by atoms with van der Waals surface area (Å²) >= 11 is 1.64. The summed E-state index contributed by atoms with van der Waals surface area (Å²) in [6.07, 6.45) is 1.02. The highest BCUT2D eigenvalue weighted by molar-refractivity contribution is 7.99. The highest BCUT2D eigenvalue weighted by Crippen LogP contribution is 2.54. The van der Waals surface area contributed by atoms with Crippen LogP contribution in [0.1, 0.15) is 42.7 Å². The monoisotopic (exact) mass is 513 g/mol. The summed E-state index contributed by atoms with van der Waals surface area (Å²) in [5.74, 6) is 2.79. The Hall–Kier alpha value is -2.54. The lowest BCUT2D eigenvalue weighted by molar-refractivity contribution is 0.189. The number of halogens is 1. The minimum Gasteiger partial charge on any atom is -0.508 e. The van der Waals surface area contributed by atoms with Gasteiger partial charge in [-0.25, -0.2) is 0 Å². The molecular weight excluding hydrogens is 482 g/mol. The Bertz CT molecular complexity index is 1140. The molecule has 0 amide bonds. The molecule has 2 aliphatic rings. The average Bonchev–Trinajstić information content (AvgIpc) is 3.16.